The molecule has 0 bridgehead atoms. The minimum Gasteiger partial charge on any atom is -0.305 e. The van der Waals surface area contributed by atoms with Gasteiger partial charge in [-0.05, 0) is 29.5 Å². The minimum atomic E-state index is -0.157. The van der Waals surface area contributed by atoms with E-state index in [1.807, 2.05) is 29.7 Å². The van der Waals surface area contributed by atoms with Crippen molar-refractivity contribution in [1.29, 1.82) is 0 Å². The van der Waals surface area contributed by atoms with Crippen molar-refractivity contribution in [3.8, 4) is 0 Å². The Kier molecular flexibility index (Phi) is 4.95. The number of thiophene rings is 1. The Balaban J connectivity index is 1.34. The molecule has 26 heavy (non-hydrogen) atoms. The van der Waals surface area contributed by atoms with E-state index in [1.165, 1.54) is 5.56 Å². The van der Waals surface area contributed by atoms with Gasteiger partial charge in [-0.3, -0.25) is 14.8 Å². The molecule has 0 aliphatic carbocycles. The lowest BCUT2D eigenvalue weighted by molar-refractivity contribution is -0.111. The van der Waals surface area contributed by atoms with Crippen LogP contribution in [-0.4, -0.2) is 27.5 Å². The van der Waals surface area contributed by atoms with Crippen molar-refractivity contribution in [2.75, 3.05) is 11.9 Å². The number of amides is 1. The van der Waals surface area contributed by atoms with Crippen molar-refractivity contribution in [2.24, 2.45) is 0 Å². The van der Waals surface area contributed by atoms with Gasteiger partial charge in [0, 0.05) is 36.2 Å². The van der Waals surface area contributed by atoms with Crippen LogP contribution in [0.2, 0.25) is 0 Å². The van der Waals surface area contributed by atoms with Gasteiger partial charge in [0.05, 0.1) is 5.69 Å². The molecular formula is C20H20N4OS. The van der Waals surface area contributed by atoms with Crippen LogP contribution in [0.5, 0.6) is 0 Å². The van der Waals surface area contributed by atoms with Crippen LogP contribution < -0.4 is 5.32 Å². The van der Waals surface area contributed by atoms with Gasteiger partial charge in [0.25, 0.3) is 0 Å². The summed E-state index contributed by atoms with van der Waals surface area (Å²) in [4.78, 5) is 15.6. The number of nitrogens with zero attached hydrogens (tertiary/aromatic N) is 2. The molecule has 1 aromatic carbocycles. The van der Waals surface area contributed by atoms with Crippen LogP contribution in [0.25, 0.3) is 6.08 Å². The second-order valence-electron chi connectivity index (χ2n) is 6.31. The highest BCUT2D eigenvalue weighted by Crippen LogP contribution is 2.27. The summed E-state index contributed by atoms with van der Waals surface area (Å²) in [6.45, 7) is 2.64. The van der Waals surface area contributed by atoms with E-state index in [2.05, 4.69) is 44.7 Å². The van der Waals surface area contributed by atoms with Crippen LogP contribution in [0.15, 0.2) is 53.9 Å². The number of carbonyl (C=O) groups excluding carboxylic acids is 1. The minimum absolute atomic E-state index is 0.157. The molecule has 1 amide bonds. The largest absolute Gasteiger partial charge is 0.305 e. The van der Waals surface area contributed by atoms with Crippen LogP contribution >= 0.6 is 11.3 Å². The fraction of sp³-hybridized carbons (Fsp3) is 0.200. The molecule has 5 nitrogen and oxygen atoms in total. The van der Waals surface area contributed by atoms with Gasteiger partial charge in [0.1, 0.15) is 0 Å². The van der Waals surface area contributed by atoms with Crippen molar-refractivity contribution in [1.82, 2.24) is 15.1 Å². The topological polar surface area (TPSA) is 61.0 Å². The molecule has 0 atom stereocenters. The smallest absolute Gasteiger partial charge is 0.249 e. The third kappa shape index (κ3) is 3.92. The first-order chi connectivity index (χ1) is 12.8. The van der Waals surface area contributed by atoms with Gasteiger partial charge in [-0.1, -0.05) is 36.4 Å². The maximum absolute atomic E-state index is 12.1. The van der Waals surface area contributed by atoms with E-state index in [1.54, 1.807) is 17.4 Å². The van der Waals surface area contributed by atoms with E-state index in [0.717, 1.165) is 42.2 Å². The molecule has 0 radical (unpaired) electrons. The zero-order chi connectivity index (χ0) is 17.8. The number of aromatic amines is 1. The Hall–Kier alpha value is -2.70. The normalized spacial score (nSPS) is 14.0. The molecule has 4 rings (SSSR count). The van der Waals surface area contributed by atoms with Crippen molar-refractivity contribution in [3.05, 3.63) is 75.6 Å². The maximum atomic E-state index is 12.1. The van der Waals surface area contributed by atoms with E-state index in [-0.39, 0.29) is 5.91 Å². The zero-order valence-electron chi connectivity index (χ0n) is 14.3. The molecule has 0 spiro atoms. The first kappa shape index (κ1) is 16.8. The van der Waals surface area contributed by atoms with Gasteiger partial charge < -0.3 is 5.32 Å². The molecule has 1 aliphatic rings. The Morgan fingerprint density at radius 1 is 1.23 bits per heavy atom. The number of anilines is 1. The molecule has 2 N–H and O–H groups in total. The number of fused-ring (bicyclic) bond motifs is 1. The Morgan fingerprint density at radius 2 is 2.12 bits per heavy atom. The van der Waals surface area contributed by atoms with E-state index in [0.29, 0.717) is 5.82 Å². The highest BCUT2D eigenvalue weighted by Gasteiger charge is 2.25. The number of benzene rings is 1. The summed E-state index contributed by atoms with van der Waals surface area (Å²) in [7, 11) is 0. The molecule has 3 heterocycles. The molecular weight excluding hydrogens is 344 g/mol. The lowest BCUT2D eigenvalue weighted by atomic mass is 10.1. The fourth-order valence-corrected chi connectivity index (χ4v) is 3.72. The van der Waals surface area contributed by atoms with Crippen LogP contribution in [0.3, 0.4) is 0 Å². The Morgan fingerprint density at radius 3 is 2.92 bits per heavy atom. The molecule has 6 heteroatoms. The standard InChI is InChI=1S/C20H20N4OS/c25-19(9-8-16-7-4-12-26-16)21-20-17-13-24(14-18(17)22-23-20)11-10-15-5-2-1-3-6-15/h1-9,12H,10-11,13-14H2,(H2,21,22,23,25). The summed E-state index contributed by atoms with van der Waals surface area (Å²) in [6, 6.07) is 14.4. The van der Waals surface area contributed by atoms with Gasteiger partial charge >= 0.3 is 0 Å². The van der Waals surface area contributed by atoms with E-state index in [4.69, 9.17) is 0 Å². The summed E-state index contributed by atoms with van der Waals surface area (Å²) in [5, 5.41) is 12.2. The molecule has 132 valence electrons. The fourth-order valence-electron chi connectivity index (χ4n) is 3.10. The predicted molar refractivity (Wildman–Crippen MR) is 105 cm³/mol. The second kappa shape index (κ2) is 7.68. The number of rotatable bonds is 6. The first-order valence-electron chi connectivity index (χ1n) is 8.63. The van der Waals surface area contributed by atoms with E-state index < -0.39 is 0 Å². The average Bonchev–Trinajstić information content (AvgIpc) is 3.38. The average molecular weight is 364 g/mol. The highest BCUT2D eigenvalue weighted by molar-refractivity contribution is 7.10. The summed E-state index contributed by atoms with van der Waals surface area (Å²) in [6.07, 6.45) is 4.39. The summed E-state index contributed by atoms with van der Waals surface area (Å²) in [5.74, 6) is 0.485. The number of H-pyrrole nitrogens is 1. The molecule has 0 fully saturated rings. The quantitative estimate of drug-likeness (QED) is 0.656. The molecule has 0 unspecified atom stereocenters. The van der Waals surface area contributed by atoms with Gasteiger partial charge in [0.15, 0.2) is 5.82 Å². The van der Waals surface area contributed by atoms with Crippen LogP contribution in [0, 0.1) is 0 Å². The number of hydrogen-bond acceptors (Lipinski definition) is 4. The molecule has 0 saturated carbocycles. The van der Waals surface area contributed by atoms with Crippen LogP contribution in [0.4, 0.5) is 5.82 Å². The molecule has 2 aromatic heterocycles. The van der Waals surface area contributed by atoms with Crippen molar-refractivity contribution in [2.45, 2.75) is 19.5 Å². The molecule has 1 aliphatic heterocycles. The second-order valence-corrected chi connectivity index (χ2v) is 7.29. The third-order valence-electron chi connectivity index (χ3n) is 4.46. The monoisotopic (exact) mass is 364 g/mol. The van der Waals surface area contributed by atoms with Crippen LogP contribution in [0.1, 0.15) is 21.7 Å². The van der Waals surface area contributed by atoms with Crippen molar-refractivity contribution in [3.63, 3.8) is 0 Å². The highest BCUT2D eigenvalue weighted by atomic mass is 32.1. The predicted octanol–water partition coefficient (Wildman–Crippen LogP) is 3.68. The number of nitrogens with one attached hydrogen (secondary N) is 2. The van der Waals surface area contributed by atoms with Gasteiger partial charge in [-0.15, -0.1) is 11.3 Å². The Bertz CT molecular complexity index is 899. The van der Waals surface area contributed by atoms with Crippen molar-refractivity contribution >= 4 is 29.1 Å². The third-order valence-corrected chi connectivity index (χ3v) is 5.30. The number of aromatic nitrogens is 2. The number of carbonyl (C=O) groups is 1. The lowest BCUT2D eigenvalue weighted by Crippen LogP contribution is -2.20. The van der Waals surface area contributed by atoms with E-state index in [9.17, 15) is 4.79 Å². The van der Waals surface area contributed by atoms with Crippen LogP contribution in [-0.2, 0) is 24.3 Å². The molecule has 0 saturated heterocycles. The van der Waals surface area contributed by atoms with Gasteiger partial charge in [-0.25, -0.2) is 0 Å². The summed E-state index contributed by atoms with van der Waals surface area (Å²) < 4.78 is 0. The Labute approximate surface area is 156 Å². The summed E-state index contributed by atoms with van der Waals surface area (Å²) in [5.41, 5.74) is 3.53. The summed E-state index contributed by atoms with van der Waals surface area (Å²) >= 11 is 1.60. The van der Waals surface area contributed by atoms with E-state index >= 15 is 0 Å². The SMILES string of the molecule is O=C(C=Cc1cccs1)Nc1n[nH]c2c1CN(CCc1ccccc1)C2. The van der Waals surface area contributed by atoms with Gasteiger partial charge in [-0.2, -0.15) is 5.10 Å². The van der Waals surface area contributed by atoms with Crippen molar-refractivity contribution < 1.29 is 4.79 Å². The zero-order valence-corrected chi connectivity index (χ0v) is 15.1. The number of hydrogen-bond donors (Lipinski definition) is 2. The molecule has 3 aromatic rings. The first-order valence-corrected chi connectivity index (χ1v) is 9.51. The lowest BCUT2D eigenvalue weighted by Gasteiger charge is -2.15. The van der Waals surface area contributed by atoms with Gasteiger partial charge in [0.2, 0.25) is 5.91 Å². The maximum Gasteiger partial charge on any atom is 0.249 e.